The van der Waals surface area contributed by atoms with E-state index in [4.69, 9.17) is 4.43 Å². The van der Waals surface area contributed by atoms with Gasteiger partial charge in [-0.3, -0.25) is 0 Å². The van der Waals surface area contributed by atoms with Crippen molar-refractivity contribution in [2.45, 2.75) is 51.7 Å². The highest BCUT2D eigenvalue weighted by Gasteiger charge is 2.43. The molecule has 1 heterocycles. The van der Waals surface area contributed by atoms with Crippen LogP contribution in [0.4, 0.5) is 0 Å². The zero-order valence-corrected chi connectivity index (χ0v) is 17.3. The molecule has 0 saturated heterocycles. The van der Waals surface area contributed by atoms with Crippen LogP contribution in [0.1, 0.15) is 39.2 Å². The topological polar surface area (TPSA) is 36.3 Å². The molecule has 3 nitrogen and oxygen atoms in total. The normalized spacial score (nSPS) is 18.2. The molecule has 2 rings (SSSR count). The summed E-state index contributed by atoms with van der Waals surface area (Å²) in [5.41, 5.74) is 1.89. The largest absolute Gasteiger partial charge is 0.399 e. The minimum atomic E-state index is -1.88. The van der Waals surface area contributed by atoms with Crippen molar-refractivity contribution in [2.75, 3.05) is 6.73 Å². The van der Waals surface area contributed by atoms with Gasteiger partial charge in [0.1, 0.15) is 6.73 Å². The second-order valence-corrected chi connectivity index (χ2v) is 12.7. The Morgan fingerprint density at radius 3 is 2.44 bits per heavy atom. The SMILES string of the molecule is CC(C)C(C)(C)[Si](C)(C)OCN1C=CC(c2ccccc2)C(C#N)=C1. The molecular weight excluding hydrogens is 324 g/mol. The standard InChI is InChI=1S/C21H30N2OSi/c1-17(2)21(3,4)25(5,6)24-16-23-13-12-20(19(14-22)15-23)18-10-8-7-9-11-18/h7-13,15,17,20H,16H2,1-6H3. The van der Waals surface area contributed by atoms with E-state index in [9.17, 15) is 5.26 Å². The molecule has 0 amide bonds. The third-order valence-electron chi connectivity index (χ3n) is 5.97. The van der Waals surface area contributed by atoms with E-state index in [0.29, 0.717) is 12.6 Å². The third-order valence-corrected chi connectivity index (χ3v) is 10.5. The molecule has 25 heavy (non-hydrogen) atoms. The Morgan fingerprint density at radius 2 is 1.88 bits per heavy atom. The van der Waals surface area contributed by atoms with E-state index in [0.717, 1.165) is 11.1 Å². The van der Waals surface area contributed by atoms with Gasteiger partial charge in [0.25, 0.3) is 0 Å². The average molecular weight is 355 g/mol. The molecule has 1 aromatic rings. The molecule has 0 N–H and O–H groups in total. The molecule has 1 atom stereocenters. The molecule has 0 fully saturated rings. The van der Waals surface area contributed by atoms with Crippen LogP contribution >= 0.6 is 0 Å². The van der Waals surface area contributed by atoms with Crippen LogP contribution < -0.4 is 0 Å². The number of rotatable bonds is 6. The minimum Gasteiger partial charge on any atom is -0.399 e. The number of benzene rings is 1. The Hall–Kier alpha value is -1.83. The molecule has 1 aliphatic rings. The third kappa shape index (κ3) is 4.23. The molecule has 0 aliphatic carbocycles. The van der Waals surface area contributed by atoms with Gasteiger partial charge >= 0.3 is 0 Å². The van der Waals surface area contributed by atoms with Crippen molar-refractivity contribution in [3.05, 3.63) is 59.9 Å². The Morgan fingerprint density at radius 1 is 1.24 bits per heavy atom. The summed E-state index contributed by atoms with van der Waals surface area (Å²) >= 11 is 0. The molecule has 0 spiro atoms. The molecule has 0 bridgehead atoms. The van der Waals surface area contributed by atoms with E-state index in [1.807, 2.05) is 35.5 Å². The maximum Gasteiger partial charge on any atom is 0.194 e. The highest BCUT2D eigenvalue weighted by Crippen LogP contribution is 2.44. The summed E-state index contributed by atoms with van der Waals surface area (Å²) < 4.78 is 6.39. The summed E-state index contributed by atoms with van der Waals surface area (Å²) in [6, 6.07) is 12.5. The van der Waals surface area contributed by atoms with Crippen molar-refractivity contribution in [3.63, 3.8) is 0 Å². The van der Waals surface area contributed by atoms with E-state index in [-0.39, 0.29) is 11.0 Å². The summed E-state index contributed by atoms with van der Waals surface area (Å²) in [6.07, 6.45) is 6.04. The van der Waals surface area contributed by atoms with E-state index in [1.54, 1.807) is 0 Å². The first-order valence-corrected chi connectivity index (χ1v) is 11.8. The fourth-order valence-electron chi connectivity index (χ4n) is 2.85. The monoisotopic (exact) mass is 354 g/mol. The lowest BCUT2D eigenvalue weighted by atomic mass is 9.91. The molecule has 134 valence electrons. The van der Waals surface area contributed by atoms with Gasteiger partial charge in [0.15, 0.2) is 8.32 Å². The van der Waals surface area contributed by atoms with Gasteiger partial charge in [0.2, 0.25) is 0 Å². The lowest BCUT2D eigenvalue weighted by Crippen LogP contribution is -2.46. The molecule has 1 unspecified atom stereocenters. The molecular formula is C21H30N2OSi. The summed E-state index contributed by atoms with van der Waals surface area (Å²) in [6.45, 7) is 14.2. The molecule has 0 saturated carbocycles. The highest BCUT2D eigenvalue weighted by atomic mass is 28.4. The summed E-state index contributed by atoms with van der Waals surface area (Å²) in [5.74, 6) is 0.596. The van der Waals surface area contributed by atoms with Gasteiger partial charge in [-0.15, -0.1) is 0 Å². The molecule has 0 radical (unpaired) electrons. The fraction of sp³-hybridized carbons (Fsp3) is 0.476. The van der Waals surface area contributed by atoms with Crippen LogP contribution in [0.25, 0.3) is 0 Å². The quantitative estimate of drug-likeness (QED) is 0.622. The van der Waals surface area contributed by atoms with Crippen LogP contribution in [0, 0.1) is 17.2 Å². The molecule has 1 aromatic carbocycles. The van der Waals surface area contributed by atoms with Gasteiger partial charge in [-0.1, -0.05) is 64.1 Å². The maximum atomic E-state index is 9.56. The number of allylic oxidation sites excluding steroid dienone is 2. The minimum absolute atomic E-state index is 0.0276. The van der Waals surface area contributed by atoms with Crippen molar-refractivity contribution in [1.29, 1.82) is 5.26 Å². The zero-order valence-electron chi connectivity index (χ0n) is 16.3. The van der Waals surface area contributed by atoms with Crippen molar-refractivity contribution < 1.29 is 4.43 Å². The first kappa shape index (κ1) is 19.5. The van der Waals surface area contributed by atoms with Gasteiger partial charge in [-0.2, -0.15) is 5.26 Å². The Bertz CT molecular complexity index is 684. The second kappa shape index (κ2) is 7.59. The van der Waals surface area contributed by atoms with E-state index >= 15 is 0 Å². The summed E-state index contributed by atoms with van der Waals surface area (Å²) in [4.78, 5) is 1.99. The van der Waals surface area contributed by atoms with Crippen molar-refractivity contribution in [3.8, 4) is 6.07 Å². The number of nitrogens with zero attached hydrogens (tertiary/aromatic N) is 2. The number of nitriles is 1. The van der Waals surface area contributed by atoms with Crippen LogP contribution in [0.5, 0.6) is 0 Å². The zero-order chi connectivity index (χ0) is 18.7. The smallest absolute Gasteiger partial charge is 0.194 e. The van der Waals surface area contributed by atoms with Gasteiger partial charge in [0, 0.05) is 18.3 Å². The lowest BCUT2D eigenvalue weighted by molar-refractivity contribution is 0.183. The van der Waals surface area contributed by atoms with Gasteiger partial charge in [0.05, 0.1) is 11.6 Å². The number of hydrogen-bond donors (Lipinski definition) is 0. The molecule has 0 aromatic heterocycles. The maximum absolute atomic E-state index is 9.56. The summed E-state index contributed by atoms with van der Waals surface area (Å²) in [7, 11) is -1.88. The second-order valence-electron chi connectivity index (χ2n) is 8.10. The van der Waals surface area contributed by atoms with Crippen LogP contribution in [0.2, 0.25) is 18.1 Å². The van der Waals surface area contributed by atoms with Crippen LogP contribution in [-0.2, 0) is 4.43 Å². The lowest BCUT2D eigenvalue weighted by Gasteiger charge is -2.43. The Kier molecular flexibility index (Phi) is 5.92. The van der Waals surface area contributed by atoms with E-state index < -0.39 is 8.32 Å². The van der Waals surface area contributed by atoms with Gasteiger partial charge in [-0.05, 0) is 29.6 Å². The van der Waals surface area contributed by atoms with Crippen LogP contribution in [0.3, 0.4) is 0 Å². The Balaban J connectivity index is 2.09. The number of hydrogen-bond acceptors (Lipinski definition) is 3. The van der Waals surface area contributed by atoms with Crippen LogP contribution in [0.15, 0.2) is 54.4 Å². The highest BCUT2D eigenvalue weighted by molar-refractivity contribution is 6.74. The van der Waals surface area contributed by atoms with Crippen molar-refractivity contribution >= 4 is 8.32 Å². The summed E-state index contributed by atoms with van der Waals surface area (Å²) in [5, 5.41) is 9.74. The fourth-order valence-corrected chi connectivity index (χ4v) is 5.08. The Labute approximate surface area is 153 Å². The molecule has 4 heteroatoms. The van der Waals surface area contributed by atoms with Crippen molar-refractivity contribution in [2.24, 2.45) is 5.92 Å². The molecule has 1 aliphatic heterocycles. The van der Waals surface area contributed by atoms with Gasteiger partial charge < -0.3 is 9.33 Å². The first-order chi connectivity index (χ1) is 11.7. The van der Waals surface area contributed by atoms with E-state index in [1.165, 1.54) is 0 Å². The average Bonchev–Trinajstić information content (AvgIpc) is 2.60. The predicted molar refractivity (Wildman–Crippen MR) is 106 cm³/mol. The van der Waals surface area contributed by atoms with Gasteiger partial charge in [-0.25, -0.2) is 0 Å². The van der Waals surface area contributed by atoms with Crippen LogP contribution in [-0.4, -0.2) is 19.9 Å². The first-order valence-electron chi connectivity index (χ1n) is 8.94. The predicted octanol–water partition coefficient (Wildman–Crippen LogP) is 5.62. The van der Waals surface area contributed by atoms with Crippen molar-refractivity contribution in [1.82, 2.24) is 4.90 Å². The van der Waals surface area contributed by atoms with E-state index in [2.05, 4.69) is 65.1 Å².